The van der Waals surface area contributed by atoms with E-state index >= 15 is 0 Å². The minimum absolute atomic E-state index is 0.159. The lowest BCUT2D eigenvalue weighted by atomic mass is 9.67. The van der Waals surface area contributed by atoms with E-state index in [2.05, 4.69) is 27.7 Å². The molecule has 1 aliphatic rings. The van der Waals surface area contributed by atoms with Crippen molar-refractivity contribution in [3.8, 4) is 11.1 Å². The van der Waals surface area contributed by atoms with Crippen molar-refractivity contribution < 1.29 is 26.3 Å². The van der Waals surface area contributed by atoms with Gasteiger partial charge in [-0.3, -0.25) is 0 Å². The summed E-state index contributed by atoms with van der Waals surface area (Å²) in [4.78, 5) is 0. The highest BCUT2D eigenvalue weighted by atomic mass is 19.4. The minimum Gasteiger partial charge on any atom is -0.166 e. The minimum atomic E-state index is -4.64. The smallest absolute Gasteiger partial charge is 0.166 e. The second kappa shape index (κ2) is 9.29. The average Bonchev–Trinajstić information content (AvgIpc) is 3.18. The monoisotopic (exact) mass is 538 g/mol. The molecule has 0 heterocycles. The quantitative estimate of drug-likeness (QED) is 0.200. The van der Waals surface area contributed by atoms with E-state index in [1.165, 1.54) is 12.1 Å². The van der Waals surface area contributed by atoms with Gasteiger partial charge in [0.2, 0.25) is 0 Å². The Balaban J connectivity index is 1.90. The average molecular weight is 539 g/mol. The highest BCUT2D eigenvalue weighted by molar-refractivity contribution is 5.87. The van der Waals surface area contributed by atoms with Crippen molar-refractivity contribution in [2.75, 3.05) is 0 Å². The van der Waals surface area contributed by atoms with Crippen molar-refractivity contribution in [3.63, 3.8) is 0 Å². The summed E-state index contributed by atoms with van der Waals surface area (Å²) in [5.74, 6) is 0.513. The fourth-order valence-electron chi connectivity index (χ4n) is 5.71. The zero-order chi connectivity index (χ0) is 28.3. The molecule has 5 rings (SSSR count). The fourth-order valence-corrected chi connectivity index (χ4v) is 5.71. The molecule has 0 N–H and O–H groups in total. The molecule has 0 atom stereocenters. The lowest BCUT2D eigenvalue weighted by Crippen LogP contribution is -2.29. The summed E-state index contributed by atoms with van der Waals surface area (Å²) in [6.07, 6.45) is -9.28. The third kappa shape index (κ3) is 4.44. The summed E-state index contributed by atoms with van der Waals surface area (Å²) in [7, 11) is 0. The molecule has 39 heavy (non-hydrogen) atoms. The molecule has 0 saturated carbocycles. The van der Waals surface area contributed by atoms with Gasteiger partial charge in [-0.15, -0.1) is 0 Å². The number of halogens is 6. The van der Waals surface area contributed by atoms with Gasteiger partial charge in [0, 0.05) is 0 Å². The standard InChI is InChI=1S/C33H28F6/c1-19(2)21-5-9-23(10-6-21)31(24-11-7-22(8-12-24)20(3)4)29-15-13-25(32(34,35)36)17-27(29)28-18-26(33(37,38)39)14-16-30(28)31/h5-20H,1-4H3. The summed E-state index contributed by atoms with van der Waals surface area (Å²) in [6, 6.07) is 22.6. The molecule has 202 valence electrons. The third-order valence-electron chi connectivity index (χ3n) is 7.81. The zero-order valence-corrected chi connectivity index (χ0v) is 22.0. The van der Waals surface area contributed by atoms with Crippen LogP contribution in [0.4, 0.5) is 26.3 Å². The van der Waals surface area contributed by atoms with E-state index in [0.29, 0.717) is 11.1 Å². The molecule has 0 nitrogen and oxygen atoms in total. The maximum atomic E-state index is 13.8. The van der Waals surface area contributed by atoms with Gasteiger partial charge in [0.25, 0.3) is 0 Å². The van der Waals surface area contributed by atoms with Gasteiger partial charge in [0.1, 0.15) is 0 Å². The number of rotatable bonds is 4. The maximum Gasteiger partial charge on any atom is 0.416 e. The molecule has 1 aliphatic carbocycles. The lowest BCUT2D eigenvalue weighted by molar-refractivity contribution is -0.138. The van der Waals surface area contributed by atoms with Crippen LogP contribution in [-0.2, 0) is 17.8 Å². The van der Waals surface area contributed by atoms with Crippen LogP contribution in [0, 0.1) is 0 Å². The lowest BCUT2D eigenvalue weighted by Gasteiger charge is -2.34. The van der Waals surface area contributed by atoms with E-state index in [-0.39, 0.29) is 23.0 Å². The second-order valence-electron chi connectivity index (χ2n) is 10.8. The van der Waals surface area contributed by atoms with E-state index < -0.39 is 28.9 Å². The maximum absolute atomic E-state index is 13.8. The molecule has 0 spiro atoms. The molecule has 0 unspecified atom stereocenters. The van der Waals surface area contributed by atoms with Crippen molar-refractivity contribution in [1.82, 2.24) is 0 Å². The Hall–Kier alpha value is -3.54. The Bertz CT molecular complexity index is 1390. The predicted molar refractivity (Wildman–Crippen MR) is 142 cm³/mol. The van der Waals surface area contributed by atoms with Crippen LogP contribution >= 0.6 is 0 Å². The topological polar surface area (TPSA) is 0 Å². The fraction of sp³-hybridized carbons (Fsp3) is 0.273. The number of hydrogen-bond donors (Lipinski definition) is 0. The van der Waals surface area contributed by atoms with Gasteiger partial charge in [-0.1, -0.05) is 88.4 Å². The zero-order valence-electron chi connectivity index (χ0n) is 22.0. The summed E-state index contributed by atoms with van der Waals surface area (Å²) >= 11 is 0. The SMILES string of the molecule is CC(C)c1ccc(C2(c3ccc(C(C)C)cc3)c3ccc(C(F)(F)F)cc3-c3cc(C(F)(F)F)ccc32)cc1. The molecule has 4 aromatic carbocycles. The van der Waals surface area contributed by atoms with E-state index in [1.807, 2.05) is 48.5 Å². The predicted octanol–water partition coefficient (Wildman–Crippen LogP) is 10.3. The van der Waals surface area contributed by atoms with E-state index in [9.17, 15) is 26.3 Å². The van der Waals surface area contributed by atoms with Gasteiger partial charge in [0.15, 0.2) is 0 Å². The van der Waals surface area contributed by atoms with Gasteiger partial charge in [0.05, 0.1) is 16.5 Å². The number of benzene rings is 4. The van der Waals surface area contributed by atoms with Crippen molar-refractivity contribution in [3.05, 3.63) is 129 Å². The highest BCUT2D eigenvalue weighted by Gasteiger charge is 2.48. The normalized spacial score (nSPS) is 14.6. The Labute approximate surface area is 224 Å². The Kier molecular flexibility index (Phi) is 6.44. The van der Waals surface area contributed by atoms with Gasteiger partial charge in [-0.25, -0.2) is 0 Å². The molecule has 0 radical (unpaired) electrons. The van der Waals surface area contributed by atoms with E-state index in [0.717, 1.165) is 46.5 Å². The van der Waals surface area contributed by atoms with Crippen molar-refractivity contribution in [2.24, 2.45) is 0 Å². The molecule has 0 saturated heterocycles. The molecule has 0 amide bonds. The molecular formula is C33H28F6. The summed E-state index contributed by atoms with van der Waals surface area (Å²) in [6.45, 7) is 8.25. The van der Waals surface area contributed by atoms with Crippen LogP contribution in [0.5, 0.6) is 0 Å². The first kappa shape index (κ1) is 27.0. The summed E-state index contributed by atoms with van der Waals surface area (Å²) in [5.41, 5.74) is 2.22. The van der Waals surface area contributed by atoms with Crippen LogP contribution in [0.15, 0.2) is 84.9 Å². The van der Waals surface area contributed by atoms with Gasteiger partial charge in [-0.2, -0.15) is 26.3 Å². The van der Waals surface area contributed by atoms with Gasteiger partial charge in [-0.05, 0) is 80.6 Å². The number of hydrogen-bond acceptors (Lipinski definition) is 0. The Morgan fingerprint density at radius 1 is 0.487 bits per heavy atom. The highest BCUT2D eigenvalue weighted by Crippen LogP contribution is 2.57. The van der Waals surface area contributed by atoms with Crippen LogP contribution in [0.3, 0.4) is 0 Å². The third-order valence-corrected chi connectivity index (χ3v) is 7.81. The molecule has 0 aliphatic heterocycles. The van der Waals surface area contributed by atoms with Crippen LogP contribution < -0.4 is 0 Å². The molecular weight excluding hydrogens is 510 g/mol. The van der Waals surface area contributed by atoms with Crippen molar-refractivity contribution >= 4 is 0 Å². The molecule has 6 heteroatoms. The summed E-state index contributed by atoms with van der Waals surface area (Å²) < 4.78 is 82.8. The van der Waals surface area contributed by atoms with E-state index in [4.69, 9.17) is 0 Å². The number of fused-ring (bicyclic) bond motifs is 3. The molecule has 4 aromatic rings. The largest absolute Gasteiger partial charge is 0.416 e. The van der Waals surface area contributed by atoms with Crippen LogP contribution in [-0.4, -0.2) is 0 Å². The molecule has 0 aromatic heterocycles. The first-order valence-corrected chi connectivity index (χ1v) is 12.9. The second-order valence-corrected chi connectivity index (χ2v) is 10.8. The first-order chi connectivity index (χ1) is 18.2. The van der Waals surface area contributed by atoms with Gasteiger partial charge < -0.3 is 0 Å². The van der Waals surface area contributed by atoms with E-state index in [1.54, 1.807) is 0 Å². The van der Waals surface area contributed by atoms with Crippen LogP contribution in [0.1, 0.15) is 84.0 Å². The van der Waals surface area contributed by atoms with Crippen LogP contribution in [0.25, 0.3) is 11.1 Å². The first-order valence-electron chi connectivity index (χ1n) is 12.9. The Morgan fingerprint density at radius 3 is 1.10 bits per heavy atom. The van der Waals surface area contributed by atoms with Crippen molar-refractivity contribution in [2.45, 2.75) is 57.3 Å². The van der Waals surface area contributed by atoms with Crippen molar-refractivity contribution in [1.29, 1.82) is 0 Å². The Morgan fingerprint density at radius 2 is 0.821 bits per heavy atom. The summed E-state index contributed by atoms with van der Waals surface area (Å²) in [5, 5.41) is 0. The number of alkyl halides is 6. The van der Waals surface area contributed by atoms with Gasteiger partial charge >= 0.3 is 12.4 Å². The van der Waals surface area contributed by atoms with Crippen LogP contribution in [0.2, 0.25) is 0 Å². The molecule has 0 bridgehead atoms. The molecule has 0 fully saturated rings.